The molecular formula is C14H23N3. The lowest BCUT2D eigenvalue weighted by molar-refractivity contribution is 0.690. The van der Waals surface area contributed by atoms with Crippen LogP contribution in [0.25, 0.3) is 0 Å². The van der Waals surface area contributed by atoms with Gasteiger partial charge in [0.05, 0.1) is 0 Å². The van der Waals surface area contributed by atoms with Crippen molar-refractivity contribution in [3.05, 3.63) is 17.5 Å². The molecule has 94 valence electrons. The highest BCUT2D eigenvalue weighted by Gasteiger charge is 2.36. The first-order valence-corrected chi connectivity index (χ1v) is 6.72. The Morgan fingerprint density at radius 1 is 1.41 bits per heavy atom. The third-order valence-corrected chi connectivity index (χ3v) is 3.36. The second-order valence-electron chi connectivity index (χ2n) is 5.45. The molecule has 17 heavy (non-hydrogen) atoms. The van der Waals surface area contributed by atoms with Gasteiger partial charge in [0.1, 0.15) is 0 Å². The number of nitrogens with zero attached hydrogens (tertiary/aromatic N) is 2. The Hall–Kier alpha value is -1.12. The number of nitrogens with one attached hydrogen (secondary N) is 1. The van der Waals surface area contributed by atoms with Gasteiger partial charge in [-0.3, -0.25) is 0 Å². The zero-order chi connectivity index (χ0) is 12.4. The summed E-state index contributed by atoms with van der Waals surface area (Å²) in [6, 6.07) is 2.68. The van der Waals surface area contributed by atoms with Gasteiger partial charge in [-0.25, -0.2) is 9.97 Å². The van der Waals surface area contributed by atoms with Gasteiger partial charge in [-0.15, -0.1) is 0 Å². The smallest absolute Gasteiger partial charge is 0.223 e. The predicted octanol–water partition coefficient (Wildman–Crippen LogP) is 3.51. The van der Waals surface area contributed by atoms with Crippen molar-refractivity contribution in [3.8, 4) is 0 Å². The fraction of sp³-hybridized carbons (Fsp3) is 0.714. The van der Waals surface area contributed by atoms with E-state index in [-0.39, 0.29) is 0 Å². The number of hydrogen-bond donors (Lipinski definition) is 1. The predicted molar refractivity (Wildman–Crippen MR) is 71.3 cm³/mol. The molecule has 1 aromatic heterocycles. The highest BCUT2D eigenvalue weighted by atomic mass is 15.1. The van der Waals surface area contributed by atoms with Gasteiger partial charge in [-0.1, -0.05) is 27.2 Å². The fourth-order valence-electron chi connectivity index (χ4n) is 2.23. The zero-order valence-corrected chi connectivity index (χ0v) is 11.3. The van der Waals surface area contributed by atoms with E-state index >= 15 is 0 Å². The molecule has 2 atom stereocenters. The van der Waals surface area contributed by atoms with E-state index in [0.29, 0.717) is 12.0 Å². The number of anilines is 1. The minimum atomic E-state index is 0.461. The van der Waals surface area contributed by atoms with E-state index in [4.69, 9.17) is 0 Å². The monoisotopic (exact) mass is 233 g/mol. The standard InChI is InChI=1S/C14H23N3/c1-5-6-11-8-13(11)17-14-15-10(4)7-12(16-14)9(2)3/h7,9,11,13H,5-6,8H2,1-4H3,(H,15,16,17). The Bertz CT molecular complexity index is 387. The molecule has 1 saturated carbocycles. The van der Waals surface area contributed by atoms with Gasteiger partial charge in [0.15, 0.2) is 0 Å². The molecule has 0 aromatic carbocycles. The van der Waals surface area contributed by atoms with Crippen LogP contribution in [-0.2, 0) is 0 Å². The molecule has 0 bridgehead atoms. The van der Waals surface area contributed by atoms with Gasteiger partial charge in [0, 0.05) is 17.4 Å². The Morgan fingerprint density at radius 3 is 2.82 bits per heavy atom. The molecule has 0 spiro atoms. The van der Waals surface area contributed by atoms with E-state index in [0.717, 1.165) is 23.3 Å². The summed E-state index contributed by atoms with van der Waals surface area (Å²) in [5.41, 5.74) is 2.19. The number of rotatable bonds is 5. The van der Waals surface area contributed by atoms with Crippen LogP contribution in [-0.4, -0.2) is 16.0 Å². The Labute approximate surface area is 104 Å². The van der Waals surface area contributed by atoms with Crippen LogP contribution in [0.2, 0.25) is 0 Å². The van der Waals surface area contributed by atoms with E-state index in [1.165, 1.54) is 19.3 Å². The Morgan fingerprint density at radius 2 is 2.18 bits per heavy atom. The first-order valence-electron chi connectivity index (χ1n) is 6.72. The summed E-state index contributed by atoms with van der Waals surface area (Å²) in [4.78, 5) is 9.05. The van der Waals surface area contributed by atoms with E-state index in [1.807, 2.05) is 6.92 Å². The molecular weight excluding hydrogens is 210 g/mol. The van der Waals surface area contributed by atoms with Crippen molar-refractivity contribution < 1.29 is 0 Å². The maximum Gasteiger partial charge on any atom is 0.223 e. The third kappa shape index (κ3) is 3.18. The molecule has 0 radical (unpaired) electrons. The van der Waals surface area contributed by atoms with Crippen molar-refractivity contribution in [2.45, 2.75) is 58.9 Å². The molecule has 1 aliphatic rings. The molecule has 1 aromatic rings. The van der Waals surface area contributed by atoms with Crippen molar-refractivity contribution in [2.24, 2.45) is 5.92 Å². The lowest BCUT2D eigenvalue weighted by atomic mass is 10.1. The van der Waals surface area contributed by atoms with Crippen LogP contribution in [0.5, 0.6) is 0 Å². The van der Waals surface area contributed by atoms with Crippen molar-refractivity contribution in [1.82, 2.24) is 9.97 Å². The summed E-state index contributed by atoms with van der Waals surface area (Å²) >= 11 is 0. The summed E-state index contributed by atoms with van der Waals surface area (Å²) in [6.45, 7) is 8.62. The second kappa shape index (κ2) is 5.03. The largest absolute Gasteiger partial charge is 0.351 e. The van der Waals surface area contributed by atoms with E-state index in [2.05, 4.69) is 42.1 Å². The lowest BCUT2D eigenvalue weighted by Gasteiger charge is -2.09. The SMILES string of the molecule is CCCC1CC1Nc1nc(C)cc(C(C)C)n1. The summed E-state index contributed by atoms with van der Waals surface area (Å²) in [5.74, 6) is 2.12. The van der Waals surface area contributed by atoms with Gasteiger partial charge in [0.2, 0.25) is 5.95 Å². The second-order valence-corrected chi connectivity index (χ2v) is 5.45. The first-order chi connectivity index (χ1) is 8.10. The molecule has 1 fully saturated rings. The van der Waals surface area contributed by atoms with Crippen LogP contribution in [0.1, 0.15) is 57.3 Å². The van der Waals surface area contributed by atoms with Crippen LogP contribution in [0.15, 0.2) is 6.07 Å². The highest BCUT2D eigenvalue weighted by Crippen LogP contribution is 2.36. The topological polar surface area (TPSA) is 37.8 Å². The molecule has 0 amide bonds. The van der Waals surface area contributed by atoms with Gasteiger partial charge < -0.3 is 5.32 Å². The number of aromatic nitrogens is 2. The molecule has 1 aliphatic carbocycles. The molecule has 2 rings (SSSR count). The third-order valence-electron chi connectivity index (χ3n) is 3.36. The van der Waals surface area contributed by atoms with Crippen LogP contribution >= 0.6 is 0 Å². The quantitative estimate of drug-likeness (QED) is 0.845. The molecule has 0 aliphatic heterocycles. The Balaban J connectivity index is 2.01. The van der Waals surface area contributed by atoms with Crippen LogP contribution in [0.3, 0.4) is 0 Å². The summed E-state index contributed by atoms with van der Waals surface area (Å²) < 4.78 is 0. The van der Waals surface area contributed by atoms with Gasteiger partial charge >= 0.3 is 0 Å². The van der Waals surface area contributed by atoms with Crippen molar-refractivity contribution in [1.29, 1.82) is 0 Å². The van der Waals surface area contributed by atoms with E-state index in [9.17, 15) is 0 Å². The summed E-state index contributed by atoms with van der Waals surface area (Å²) in [7, 11) is 0. The Kier molecular flexibility index (Phi) is 3.65. The molecule has 1 N–H and O–H groups in total. The maximum absolute atomic E-state index is 4.59. The zero-order valence-electron chi connectivity index (χ0n) is 11.3. The highest BCUT2D eigenvalue weighted by molar-refractivity contribution is 5.32. The molecule has 2 unspecified atom stereocenters. The maximum atomic E-state index is 4.59. The van der Waals surface area contributed by atoms with Crippen LogP contribution in [0.4, 0.5) is 5.95 Å². The minimum absolute atomic E-state index is 0.461. The average molecular weight is 233 g/mol. The summed E-state index contributed by atoms with van der Waals surface area (Å²) in [6.07, 6.45) is 3.87. The lowest BCUT2D eigenvalue weighted by Crippen LogP contribution is -2.10. The van der Waals surface area contributed by atoms with Crippen molar-refractivity contribution in [2.75, 3.05) is 5.32 Å². The van der Waals surface area contributed by atoms with E-state index < -0.39 is 0 Å². The van der Waals surface area contributed by atoms with Crippen molar-refractivity contribution in [3.63, 3.8) is 0 Å². The first kappa shape index (κ1) is 12.3. The summed E-state index contributed by atoms with van der Waals surface area (Å²) in [5, 5.41) is 3.46. The van der Waals surface area contributed by atoms with Gasteiger partial charge in [-0.05, 0) is 37.7 Å². The van der Waals surface area contributed by atoms with Gasteiger partial charge in [0.25, 0.3) is 0 Å². The number of aryl methyl sites for hydroxylation is 1. The average Bonchev–Trinajstić information content (AvgIpc) is 2.96. The molecule has 1 heterocycles. The van der Waals surface area contributed by atoms with Crippen LogP contribution in [0, 0.1) is 12.8 Å². The molecule has 3 heteroatoms. The van der Waals surface area contributed by atoms with E-state index in [1.54, 1.807) is 0 Å². The normalized spacial score (nSPS) is 22.9. The number of hydrogen-bond acceptors (Lipinski definition) is 3. The van der Waals surface area contributed by atoms with Gasteiger partial charge in [-0.2, -0.15) is 0 Å². The minimum Gasteiger partial charge on any atom is -0.351 e. The molecule has 3 nitrogen and oxygen atoms in total. The van der Waals surface area contributed by atoms with Crippen LogP contribution < -0.4 is 5.32 Å². The molecule has 0 saturated heterocycles. The fourth-order valence-corrected chi connectivity index (χ4v) is 2.23. The van der Waals surface area contributed by atoms with Crippen molar-refractivity contribution >= 4 is 5.95 Å².